The van der Waals surface area contributed by atoms with E-state index in [4.69, 9.17) is 14.0 Å². The molecule has 604 valence electrons. The molecule has 0 spiro atoms. The predicted molar refractivity (Wildman–Crippen MR) is 370 cm³/mol. The number of aromatic nitrogens is 4. The van der Waals surface area contributed by atoms with E-state index in [1.807, 2.05) is 5.32 Å². The Kier molecular flexibility index (Phi) is 26.2. The number of benzene rings is 3. The summed E-state index contributed by atoms with van der Waals surface area (Å²) in [6, 6.07) is 1.73. The molecule has 0 radical (unpaired) electrons. The van der Waals surface area contributed by atoms with Crippen molar-refractivity contribution in [3.63, 3.8) is 0 Å². The van der Waals surface area contributed by atoms with Gasteiger partial charge in [0.25, 0.3) is 5.91 Å². The number of likely N-dealkylation sites (tertiary alicyclic amines) is 1. The second-order valence-electron chi connectivity index (χ2n) is 29.1. The lowest BCUT2D eigenvalue weighted by atomic mass is 9.77. The number of aliphatic hydroxyl groups is 1. The van der Waals surface area contributed by atoms with Gasteiger partial charge in [-0.2, -0.15) is 40.2 Å². The van der Waals surface area contributed by atoms with Gasteiger partial charge in [-0.1, -0.05) is 43.9 Å². The van der Waals surface area contributed by atoms with Gasteiger partial charge in [-0.25, -0.2) is 47.4 Å². The van der Waals surface area contributed by atoms with Crippen LogP contribution in [0.25, 0.3) is 11.3 Å². The number of piperazine rings is 1. The van der Waals surface area contributed by atoms with Crippen molar-refractivity contribution in [3.05, 3.63) is 124 Å². The van der Waals surface area contributed by atoms with E-state index < -0.39 is 188 Å². The molecule has 6 heterocycles. The summed E-state index contributed by atoms with van der Waals surface area (Å²) in [5.41, 5.74) is -8.13. The third kappa shape index (κ3) is 20.3. The van der Waals surface area contributed by atoms with Gasteiger partial charge in [0.2, 0.25) is 17.8 Å². The molecule has 5 amide bonds. The summed E-state index contributed by atoms with van der Waals surface area (Å²) in [7, 11) is -4.16. The maximum absolute atomic E-state index is 16.9. The van der Waals surface area contributed by atoms with Crippen LogP contribution in [0.1, 0.15) is 113 Å². The fourth-order valence-corrected chi connectivity index (χ4v) is 14.3. The summed E-state index contributed by atoms with van der Waals surface area (Å²) in [5.74, 6) is -5.07. The van der Waals surface area contributed by atoms with Crippen molar-refractivity contribution in [3.8, 4) is 28.8 Å². The van der Waals surface area contributed by atoms with Crippen LogP contribution in [0.4, 0.5) is 59.4 Å². The van der Waals surface area contributed by atoms with E-state index in [9.17, 15) is 57.3 Å². The number of rotatable bonds is 28. The SMILES string of the molecule is COC(=O)N[C@H](C(=O)N[C@@H](Cc1ccc(C#Cc2cnc(N3CC4CCC(C3)N4C3COC3)nc2)cc1)[C@H](CN(Cc1c(F)cc(-c2ccn(C(F)F)n2)cc1F)NC(=O)[C@@H](NC(=O)OC)C(C)(C)C(F)(F)F)OC(=O)CC(C)(C)c1c(CC(=O)N2CC[C@@H](O)[C@H]2C(=O)O)cc(C)cc1OP(=O)(O)O)C(C)(C)C(F)(F)F. The number of ether oxygens (including phenoxy) is 4. The number of nitrogens with zero attached hydrogens (tertiary/aromatic N) is 8. The molecule has 4 aliphatic rings. The molecule has 2 aromatic heterocycles. The Balaban J connectivity index is 1.17. The Labute approximate surface area is 629 Å². The maximum Gasteiger partial charge on any atom is 0.524 e. The minimum atomic E-state index is -5.63. The number of carboxylic acids is 1. The van der Waals surface area contributed by atoms with Crippen molar-refractivity contribution < 1.29 is 126 Å². The number of hydrogen-bond acceptors (Lipinski definition) is 20. The Morgan fingerprint density at radius 1 is 0.766 bits per heavy atom. The first-order valence-corrected chi connectivity index (χ1v) is 36.1. The highest BCUT2D eigenvalue weighted by molar-refractivity contribution is 7.46. The number of phosphoric ester groups is 1. The van der Waals surface area contributed by atoms with Gasteiger partial charge in [-0.05, 0) is 113 Å². The lowest BCUT2D eigenvalue weighted by molar-refractivity contribution is -0.221. The van der Waals surface area contributed by atoms with E-state index in [0.717, 1.165) is 50.3 Å². The average Bonchev–Trinajstić information content (AvgIpc) is 1.63. The van der Waals surface area contributed by atoms with Crippen molar-refractivity contribution in [2.24, 2.45) is 10.8 Å². The fraction of sp³-hybridized carbons (Fsp3) is 0.521. The number of amides is 5. The van der Waals surface area contributed by atoms with Gasteiger partial charge in [0, 0.05) is 84.5 Å². The molecule has 5 aromatic rings. The van der Waals surface area contributed by atoms with Crippen LogP contribution in [0.5, 0.6) is 5.75 Å². The zero-order valence-corrected chi connectivity index (χ0v) is 62.2. The van der Waals surface area contributed by atoms with Crippen LogP contribution in [-0.2, 0) is 72.3 Å². The number of alkyl halides is 8. The van der Waals surface area contributed by atoms with Crippen LogP contribution in [0.3, 0.4) is 0 Å². The lowest BCUT2D eigenvalue weighted by Crippen LogP contribution is -2.64. The van der Waals surface area contributed by atoms with Crippen LogP contribution in [0.15, 0.2) is 73.2 Å². The largest absolute Gasteiger partial charge is 0.524 e. The van der Waals surface area contributed by atoms with Crippen LogP contribution in [0, 0.1) is 41.2 Å². The number of carbonyl (C=O) groups is 7. The maximum atomic E-state index is 16.9. The number of hydrogen-bond donors (Lipinski definition) is 8. The average molecular weight is 1600 g/mol. The molecule has 40 heteroatoms. The number of esters is 1. The van der Waals surface area contributed by atoms with Gasteiger partial charge in [-0.15, -0.1) is 0 Å². The molecule has 4 saturated heterocycles. The molecule has 0 aliphatic carbocycles. The minimum Gasteiger partial charge on any atom is -0.480 e. The number of aryl methyl sites for hydroxylation is 1. The van der Waals surface area contributed by atoms with Crippen molar-refractivity contribution in [2.75, 3.05) is 58.5 Å². The number of phosphoric acid groups is 1. The molecule has 2 unspecified atom stereocenters. The van der Waals surface area contributed by atoms with Gasteiger partial charge < -0.3 is 59.4 Å². The minimum absolute atomic E-state index is 0.0713. The highest BCUT2D eigenvalue weighted by Gasteiger charge is 2.58. The fourth-order valence-electron chi connectivity index (χ4n) is 13.9. The number of nitrogens with one attached hydrogen (secondary N) is 4. The Morgan fingerprint density at radius 3 is 1.85 bits per heavy atom. The topological polar surface area (TPSA) is 368 Å². The molecular weight excluding hydrogens is 1510 g/mol. The first kappa shape index (κ1) is 85.3. The second-order valence-corrected chi connectivity index (χ2v) is 30.3. The summed E-state index contributed by atoms with van der Waals surface area (Å²) in [4.78, 5) is 133. The smallest absolute Gasteiger partial charge is 0.480 e. The normalized spacial score (nSPS) is 18.9. The predicted octanol–water partition coefficient (Wildman–Crippen LogP) is 7.30. The van der Waals surface area contributed by atoms with Crippen molar-refractivity contribution in [1.29, 1.82) is 0 Å². The quantitative estimate of drug-likeness (QED) is 0.00608. The van der Waals surface area contributed by atoms with E-state index in [-0.39, 0.29) is 45.5 Å². The zero-order chi connectivity index (χ0) is 81.8. The molecule has 3 aromatic carbocycles. The zero-order valence-electron chi connectivity index (χ0n) is 61.3. The van der Waals surface area contributed by atoms with Gasteiger partial charge in [-0.3, -0.25) is 39.3 Å². The number of alkyl carbamates (subject to hydrolysis) is 2. The van der Waals surface area contributed by atoms with Crippen LogP contribution in [0.2, 0.25) is 0 Å². The van der Waals surface area contributed by atoms with Crippen molar-refractivity contribution >= 4 is 55.6 Å². The van der Waals surface area contributed by atoms with Crippen LogP contribution < -0.4 is 30.8 Å². The standard InChI is InChI=1S/C71H83F10N12O17P/c1-37-22-42(27-54(95)91-20-19-51(94)57(91)62(99)100)56(52(23-37)110-111(103,104)105)67(2,3)28-55(96)109-53(34-90(88-61(98)59(86-66(102)107-9)69(6,7)71(79,80)81)33-46-47(72)25-41(26-48(46)73)49-18-21-92(87-49)63(74)75)50(84-60(97)58(85-65(101)106-8)68(4,5)70(76,77)78)24-39-13-10-38(11-14-39)12-15-40-29-82-64(83-30-40)89-31-43-16-17-44(32-89)93(43)45-35-108-36-45/h10-11,13-14,18,21-23,25-26,29-30,43-45,50-51,53,57-59,63,94H,16-17,19-20,24,27-28,31-36H2,1-9H3,(H,84,97)(H,85,101)(H,86,102)(H,88,98)(H,99,100)(H2,103,104,105)/t43?,44?,50-,51+,53-,57-,58+,59+/m0/s1. The first-order chi connectivity index (χ1) is 51.8. The first-order valence-electron chi connectivity index (χ1n) is 34.6. The monoisotopic (exact) mass is 1600 g/mol. The third-order valence-corrected chi connectivity index (χ3v) is 20.4. The highest BCUT2D eigenvalue weighted by Crippen LogP contribution is 2.47. The van der Waals surface area contributed by atoms with Crippen LogP contribution in [-0.4, -0.2) is 217 Å². The molecule has 0 saturated carbocycles. The van der Waals surface area contributed by atoms with Crippen molar-refractivity contribution in [2.45, 2.75) is 172 Å². The van der Waals surface area contributed by atoms with E-state index in [1.165, 1.54) is 63.5 Å². The van der Waals surface area contributed by atoms with E-state index >= 15 is 44.7 Å². The van der Waals surface area contributed by atoms with Gasteiger partial charge in [0.05, 0.1) is 87.1 Å². The Morgan fingerprint density at radius 2 is 1.33 bits per heavy atom. The molecule has 4 fully saturated rings. The summed E-state index contributed by atoms with van der Waals surface area (Å²) in [6.45, 7) is 2.30. The number of carboxylic acid groups (broad SMARTS) is 1. The Bertz CT molecular complexity index is 4340. The summed E-state index contributed by atoms with van der Waals surface area (Å²) in [6.07, 6.45) is -14.9. The summed E-state index contributed by atoms with van der Waals surface area (Å²) >= 11 is 0. The number of hydrazine groups is 1. The molecule has 4 aliphatic heterocycles. The highest BCUT2D eigenvalue weighted by atomic mass is 31.2. The molecule has 111 heavy (non-hydrogen) atoms. The third-order valence-electron chi connectivity index (χ3n) is 20.0. The number of aliphatic hydroxyl groups excluding tert-OH is 1. The number of fused-ring (bicyclic) bond motifs is 2. The van der Waals surface area contributed by atoms with E-state index in [2.05, 4.69) is 56.9 Å². The molecule has 9 rings (SSSR count). The number of anilines is 1. The summed E-state index contributed by atoms with van der Waals surface area (Å²) < 4.78 is 191. The molecular formula is C71H83F10N12O17P. The number of halogens is 10. The molecule has 29 nitrogen and oxygen atoms in total. The van der Waals surface area contributed by atoms with Gasteiger partial charge >= 0.3 is 50.8 Å². The number of aliphatic carboxylic acids is 1. The molecule has 2 bridgehead atoms. The van der Waals surface area contributed by atoms with Gasteiger partial charge in [0.1, 0.15) is 35.6 Å². The van der Waals surface area contributed by atoms with E-state index in [1.54, 1.807) is 5.32 Å². The van der Waals surface area contributed by atoms with Gasteiger partial charge in [0.15, 0.2) is 6.04 Å². The Hall–Kier alpha value is -9.71. The molecule has 8 atom stereocenters. The number of methoxy groups -OCH3 is 2. The molecule has 8 N–H and O–H groups in total. The van der Waals surface area contributed by atoms with E-state index in [0.29, 0.717) is 101 Å². The lowest BCUT2D eigenvalue weighted by Gasteiger charge is -2.47. The summed E-state index contributed by atoms with van der Waals surface area (Å²) in [5, 5.41) is 30.6. The van der Waals surface area contributed by atoms with Crippen LogP contribution >= 0.6 is 7.82 Å². The number of carbonyl (C=O) groups excluding carboxylic acids is 6. The van der Waals surface area contributed by atoms with Crippen molar-refractivity contribution in [1.82, 2.24) is 55.9 Å². The second kappa shape index (κ2) is 34.1.